The molecular weight excluding hydrogens is 260 g/mol. The van der Waals surface area contributed by atoms with Crippen molar-refractivity contribution in [2.75, 3.05) is 7.11 Å². The van der Waals surface area contributed by atoms with Gasteiger partial charge in [-0.3, -0.25) is 0 Å². The first-order chi connectivity index (χ1) is 7.04. The number of rotatable bonds is 3. The standard InChI is InChI=1S/C11H13BrO3/c1-7(2)15-11(13)9-6-8(12)4-5-10(9)14-3/h4-7H,1-3H3. The number of benzene rings is 1. The normalized spacial score (nSPS) is 10.2. The second-order valence-corrected chi connectivity index (χ2v) is 4.21. The maximum atomic E-state index is 11.7. The van der Waals surface area contributed by atoms with Crippen LogP contribution in [0.5, 0.6) is 5.75 Å². The number of ether oxygens (including phenoxy) is 2. The fourth-order valence-corrected chi connectivity index (χ4v) is 1.48. The fourth-order valence-electron chi connectivity index (χ4n) is 1.12. The Bertz CT molecular complexity index is 361. The fraction of sp³-hybridized carbons (Fsp3) is 0.364. The zero-order valence-electron chi connectivity index (χ0n) is 8.91. The Morgan fingerprint density at radius 2 is 2.07 bits per heavy atom. The molecule has 0 N–H and O–H groups in total. The smallest absolute Gasteiger partial charge is 0.342 e. The Hall–Kier alpha value is -1.03. The van der Waals surface area contributed by atoms with Crippen LogP contribution in [-0.2, 0) is 4.74 Å². The Balaban J connectivity index is 3.00. The Labute approximate surface area is 97.5 Å². The van der Waals surface area contributed by atoms with Crippen LogP contribution in [0.15, 0.2) is 22.7 Å². The summed E-state index contributed by atoms with van der Waals surface area (Å²) >= 11 is 3.30. The first-order valence-electron chi connectivity index (χ1n) is 4.59. The van der Waals surface area contributed by atoms with Crippen molar-refractivity contribution in [3.63, 3.8) is 0 Å². The molecule has 0 amide bonds. The molecule has 0 aliphatic carbocycles. The lowest BCUT2D eigenvalue weighted by molar-refractivity contribution is 0.0374. The molecule has 1 aromatic carbocycles. The molecule has 0 aliphatic heterocycles. The maximum Gasteiger partial charge on any atom is 0.342 e. The van der Waals surface area contributed by atoms with E-state index in [1.807, 2.05) is 19.9 Å². The zero-order valence-corrected chi connectivity index (χ0v) is 10.5. The lowest BCUT2D eigenvalue weighted by Gasteiger charge is -2.11. The molecule has 4 heteroatoms. The second-order valence-electron chi connectivity index (χ2n) is 3.30. The number of esters is 1. The maximum absolute atomic E-state index is 11.7. The molecule has 0 unspecified atom stereocenters. The summed E-state index contributed by atoms with van der Waals surface area (Å²) in [5.74, 6) is 0.145. The Morgan fingerprint density at radius 1 is 1.40 bits per heavy atom. The number of hydrogen-bond donors (Lipinski definition) is 0. The van der Waals surface area contributed by atoms with Crippen molar-refractivity contribution >= 4 is 21.9 Å². The Morgan fingerprint density at radius 3 is 2.60 bits per heavy atom. The van der Waals surface area contributed by atoms with E-state index in [9.17, 15) is 4.79 Å². The van der Waals surface area contributed by atoms with Crippen LogP contribution in [0, 0.1) is 0 Å². The molecule has 82 valence electrons. The van der Waals surface area contributed by atoms with E-state index in [1.54, 1.807) is 12.1 Å². The highest BCUT2D eigenvalue weighted by molar-refractivity contribution is 9.10. The lowest BCUT2D eigenvalue weighted by Crippen LogP contribution is -2.12. The van der Waals surface area contributed by atoms with Gasteiger partial charge in [0.1, 0.15) is 11.3 Å². The van der Waals surface area contributed by atoms with Crippen LogP contribution in [0.2, 0.25) is 0 Å². The minimum atomic E-state index is -0.372. The van der Waals surface area contributed by atoms with Crippen molar-refractivity contribution < 1.29 is 14.3 Å². The van der Waals surface area contributed by atoms with E-state index in [-0.39, 0.29) is 12.1 Å². The molecule has 0 heterocycles. The van der Waals surface area contributed by atoms with Crippen LogP contribution < -0.4 is 4.74 Å². The van der Waals surface area contributed by atoms with E-state index >= 15 is 0 Å². The molecule has 0 saturated carbocycles. The van der Waals surface area contributed by atoms with Crippen LogP contribution >= 0.6 is 15.9 Å². The van der Waals surface area contributed by atoms with Gasteiger partial charge < -0.3 is 9.47 Å². The predicted molar refractivity (Wildman–Crippen MR) is 61.2 cm³/mol. The molecule has 0 bridgehead atoms. The second kappa shape index (κ2) is 5.16. The monoisotopic (exact) mass is 272 g/mol. The summed E-state index contributed by atoms with van der Waals surface area (Å²) in [5.41, 5.74) is 0.431. The van der Waals surface area contributed by atoms with Crippen LogP contribution in [-0.4, -0.2) is 19.2 Å². The highest BCUT2D eigenvalue weighted by Crippen LogP contribution is 2.23. The molecule has 15 heavy (non-hydrogen) atoms. The van der Waals surface area contributed by atoms with Crippen LogP contribution in [0.25, 0.3) is 0 Å². The van der Waals surface area contributed by atoms with Gasteiger partial charge in [-0.15, -0.1) is 0 Å². The molecule has 1 aromatic rings. The molecule has 0 aliphatic rings. The SMILES string of the molecule is COc1ccc(Br)cc1C(=O)OC(C)C. The van der Waals surface area contributed by atoms with E-state index in [2.05, 4.69) is 15.9 Å². The third-order valence-electron chi connectivity index (χ3n) is 1.72. The largest absolute Gasteiger partial charge is 0.496 e. The summed E-state index contributed by atoms with van der Waals surface area (Å²) in [4.78, 5) is 11.7. The lowest BCUT2D eigenvalue weighted by atomic mass is 10.2. The van der Waals surface area contributed by atoms with Gasteiger partial charge in [-0.25, -0.2) is 4.79 Å². The summed E-state index contributed by atoms with van der Waals surface area (Å²) in [7, 11) is 1.52. The first-order valence-corrected chi connectivity index (χ1v) is 5.38. The molecule has 0 atom stereocenters. The van der Waals surface area contributed by atoms with E-state index in [0.29, 0.717) is 11.3 Å². The average molecular weight is 273 g/mol. The van der Waals surface area contributed by atoms with E-state index in [0.717, 1.165) is 4.47 Å². The van der Waals surface area contributed by atoms with Gasteiger partial charge in [-0.05, 0) is 32.0 Å². The Kier molecular flexibility index (Phi) is 4.15. The van der Waals surface area contributed by atoms with Crippen LogP contribution in [0.4, 0.5) is 0 Å². The number of halogens is 1. The van der Waals surface area contributed by atoms with Gasteiger partial charge in [0.05, 0.1) is 13.2 Å². The average Bonchev–Trinajstić information content (AvgIpc) is 2.16. The van der Waals surface area contributed by atoms with Crippen molar-refractivity contribution in [1.82, 2.24) is 0 Å². The van der Waals surface area contributed by atoms with E-state index < -0.39 is 0 Å². The highest BCUT2D eigenvalue weighted by Gasteiger charge is 2.15. The number of carbonyl (C=O) groups excluding carboxylic acids is 1. The van der Waals surface area contributed by atoms with E-state index in [1.165, 1.54) is 7.11 Å². The van der Waals surface area contributed by atoms with Gasteiger partial charge in [-0.2, -0.15) is 0 Å². The van der Waals surface area contributed by atoms with E-state index in [4.69, 9.17) is 9.47 Å². The third-order valence-corrected chi connectivity index (χ3v) is 2.22. The van der Waals surface area contributed by atoms with Gasteiger partial charge in [0, 0.05) is 4.47 Å². The highest BCUT2D eigenvalue weighted by atomic mass is 79.9. The molecule has 3 nitrogen and oxygen atoms in total. The van der Waals surface area contributed by atoms with Crippen LogP contribution in [0.1, 0.15) is 24.2 Å². The summed E-state index contributed by atoms with van der Waals surface area (Å²) in [5, 5.41) is 0. The molecule has 1 rings (SSSR count). The molecule has 0 radical (unpaired) electrons. The minimum Gasteiger partial charge on any atom is -0.496 e. The topological polar surface area (TPSA) is 35.5 Å². The van der Waals surface area contributed by atoms with Crippen molar-refractivity contribution in [2.45, 2.75) is 20.0 Å². The van der Waals surface area contributed by atoms with Gasteiger partial charge in [-0.1, -0.05) is 15.9 Å². The summed E-state index contributed by atoms with van der Waals surface area (Å²) in [6, 6.07) is 5.22. The summed E-state index contributed by atoms with van der Waals surface area (Å²) in [6.45, 7) is 3.62. The molecule has 0 saturated heterocycles. The quantitative estimate of drug-likeness (QED) is 0.794. The van der Waals surface area contributed by atoms with Gasteiger partial charge in [0.25, 0.3) is 0 Å². The van der Waals surface area contributed by atoms with Crippen molar-refractivity contribution in [2.24, 2.45) is 0 Å². The number of hydrogen-bond acceptors (Lipinski definition) is 3. The summed E-state index contributed by atoms with van der Waals surface area (Å²) < 4.78 is 11.0. The molecule has 0 aromatic heterocycles. The molecular formula is C11H13BrO3. The first kappa shape index (κ1) is 12.0. The zero-order chi connectivity index (χ0) is 11.4. The van der Waals surface area contributed by atoms with Gasteiger partial charge in [0.15, 0.2) is 0 Å². The molecule has 0 fully saturated rings. The van der Waals surface area contributed by atoms with Crippen molar-refractivity contribution in [3.05, 3.63) is 28.2 Å². The minimum absolute atomic E-state index is 0.138. The summed E-state index contributed by atoms with van der Waals surface area (Å²) in [6.07, 6.45) is -0.138. The van der Waals surface area contributed by atoms with Gasteiger partial charge >= 0.3 is 5.97 Å². The number of carbonyl (C=O) groups is 1. The van der Waals surface area contributed by atoms with Crippen molar-refractivity contribution in [1.29, 1.82) is 0 Å². The van der Waals surface area contributed by atoms with Crippen LogP contribution in [0.3, 0.4) is 0 Å². The number of methoxy groups -OCH3 is 1. The molecule has 0 spiro atoms. The predicted octanol–water partition coefficient (Wildman–Crippen LogP) is 3.02. The van der Waals surface area contributed by atoms with Gasteiger partial charge in [0.2, 0.25) is 0 Å². The van der Waals surface area contributed by atoms with Crippen molar-refractivity contribution in [3.8, 4) is 5.75 Å². The third kappa shape index (κ3) is 3.23.